The first-order valence-corrected chi connectivity index (χ1v) is 6.68. The molecule has 1 aromatic rings. The Labute approximate surface area is 99.8 Å². The van der Waals surface area contributed by atoms with Gasteiger partial charge < -0.3 is 4.90 Å². The van der Waals surface area contributed by atoms with E-state index in [0.717, 1.165) is 17.9 Å². The molecule has 1 fully saturated rings. The molecule has 1 aliphatic rings. The van der Waals surface area contributed by atoms with Crippen molar-refractivity contribution in [1.82, 2.24) is 4.98 Å². The minimum atomic E-state index is 0.753. The van der Waals surface area contributed by atoms with Crippen LogP contribution in [0.4, 0.5) is 5.69 Å². The lowest BCUT2D eigenvalue weighted by atomic mass is 9.91. The summed E-state index contributed by atoms with van der Waals surface area (Å²) in [5.41, 5.74) is 2.64. The number of alkyl halides is 1. The van der Waals surface area contributed by atoms with Crippen molar-refractivity contribution in [3.8, 4) is 0 Å². The minimum absolute atomic E-state index is 0.753. The van der Waals surface area contributed by atoms with E-state index in [1.165, 1.54) is 30.5 Å². The van der Waals surface area contributed by atoms with E-state index in [0.29, 0.717) is 0 Å². The van der Waals surface area contributed by atoms with Crippen molar-refractivity contribution in [3.63, 3.8) is 0 Å². The number of hydrogen-bond acceptors (Lipinski definition) is 2. The maximum atomic E-state index is 4.15. The third-order valence-corrected chi connectivity index (χ3v) is 3.50. The van der Waals surface area contributed by atoms with Crippen molar-refractivity contribution < 1.29 is 0 Å². The summed E-state index contributed by atoms with van der Waals surface area (Å²) in [5.74, 6) is 0. The Morgan fingerprint density at radius 1 is 1.53 bits per heavy atom. The molecule has 1 heterocycles. The van der Waals surface area contributed by atoms with Gasteiger partial charge in [-0.1, -0.05) is 15.9 Å². The summed E-state index contributed by atoms with van der Waals surface area (Å²) in [4.78, 5) is 6.68. The average molecular weight is 269 g/mol. The van der Waals surface area contributed by atoms with E-state index in [9.17, 15) is 0 Å². The van der Waals surface area contributed by atoms with Crippen molar-refractivity contribution in [2.45, 2.75) is 32.2 Å². The topological polar surface area (TPSA) is 16.1 Å². The molecule has 0 N–H and O–H groups in total. The molecule has 1 aromatic heterocycles. The molecule has 0 aliphatic heterocycles. The van der Waals surface area contributed by atoms with Crippen molar-refractivity contribution in [2.24, 2.45) is 0 Å². The Bertz CT molecular complexity index is 323. The molecule has 0 atom stereocenters. The zero-order valence-corrected chi connectivity index (χ0v) is 10.7. The standard InChI is InChI=1S/C12H17BrN2/c1-10-9-14-7-5-12(10)15(8-6-13)11-3-2-4-11/h5,7,9,11H,2-4,6,8H2,1H3. The Hall–Kier alpha value is -0.570. The van der Waals surface area contributed by atoms with Crippen molar-refractivity contribution >= 4 is 21.6 Å². The number of anilines is 1. The molecule has 1 aliphatic carbocycles. The van der Waals surface area contributed by atoms with Crippen LogP contribution >= 0.6 is 15.9 Å². The summed E-state index contributed by atoms with van der Waals surface area (Å²) in [6.07, 6.45) is 7.91. The lowest BCUT2D eigenvalue weighted by Gasteiger charge is -2.39. The highest BCUT2D eigenvalue weighted by Gasteiger charge is 2.25. The first-order chi connectivity index (χ1) is 7.33. The molecule has 0 saturated heterocycles. The summed E-state index contributed by atoms with van der Waals surface area (Å²) < 4.78 is 0. The van der Waals surface area contributed by atoms with E-state index < -0.39 is 0 Å². The fourth-order valence-electron chi connectivity index (χ4n) is 2.08. The third kappa shape index (κ3) is 2.33. The molecule has 82 valence electrons. The van der Waals surface area contributed by atoms with E-state index in [1.54, 1.807) is 0 Å². The third-order valence-electron chi connectivity index (χ3n) is 3.14. The van der Waals surface area contributed by atoms with E-state index in [4.69, 9.17) is 0 Å². The maximum absolute atomic E-state index is 4.15. The lowest BCUT2D eigenvalue weighted by Crippen LogP contribution is -2.41. The molecular formula is C12H17BrN2. The number of nitrogens with zero attached hydrogens (tertiary/aromatic N) is 2. The molecule has 0 aromatic carbocycles. The highest BCUT2D eigenvalue weighted by atomic mass is 79.9. The summed E-state index contributed by atoms with van der Waals surface area (Å²) in [6, 6.07) is 2.89. The zero-order chi connectivity index (χ0) is 10.7. The number of pyridine rings is 1. The summed E-state index contributed by atoms with van der Waals surface area (Å²) in [5, 5.41) is 1.03. The lowest BCUT2D eigenvalue weighted by molar-refractivity contribution is 0.390. The minimum Gasteiger partial charge on any atom is -0.367 e. The molecule has 0 unspecified atom stereocenters. The molecule has 3 heteroatoms. The quantitative estimate of drug-likeness (QED) is 0.781. The van der Waals surface area contributed by atoms with Gasteiger partial charge in [-0.3, -0.25) is 4.98 Å². The molecule has 2 rings (SSSR count). The summed E-state index contributed by atoms with van der Waals surface area (Å²) in [7, 11) is 0. The molecule has 0 radical (unpaired) electrons. The summed E-state index contributed by atoms with van der Waals surface area (Å²) in [6.45, 7) is 3.23. The van der Waals surface area contributed by atoms with Gasteiger partial charge >= 0.3 is 0 Å². The second-order valence-electron chi connectivity index (χ2n) is 4.13. The fraction of sp³-hybridized carbons (Fsp3) is 0.583. The van der Waals surface area contributed by atoms with E-state index in [2.05, 4.69) is 38.8 Å². The average Bonchev–Trinajstić information content (AvgIpc) is 2.15. The van der Waals surface area contributed by atoms with Crippen LogP contribution in [0.25, 0.3) is 0 Å². The Balaban J connectivity index is 2.19. The Morgan fingerprint density at radius 3 is 2.87 bits per heavy atom. The van der Waals surface area contributed by atoms with Crippen LogP contribution in [0.2, 0.25) is 0 Å². The van der Waals surface area contributed by atoms with Gasteiger partial charge in [-0.15, -0.1) is 0 Å². The van der Waals surface area contributed by atoms with Crippen LogP contribution in [0.15, 0.2) is 18.5 Å². The predicted octanol–water partition coefficient (Wildman–Crippen LogP) is 3.14. The van der Waals surface area contributed by atoms with Gasteiger partial charge in [0.05, 0.1) is 0 Å². The Morgan fingerprint density at radius 2 is 2.33 bits per heavy atom. The molecule has 2 nitrogen and oxygen atoms in total. The van der Waals surface area contributed by atoms with Gasteiger partial charge in [-0.05, 0) is 37.8 Å². The number of aromatic nitrogens is 1. The van der Waals surface area contributed by atoms with E-state index in [-0.39, 0.29) is 0 Å². The normalized spacial score (nSPS) is 16.1. The van der Waals surface area contributed by atoms with Gasteiger partial charge in [0.2, 0.25) is 0 Å². The second kappa shape index (κ2) is 4.97. The highest BCUT2D eigenvalue weighted by molar-refractivity contribution is 9.09. The van der Waals surface area contributed by atoms with Gasteiger partial charge in [0, 0.05) is 36.0 Å². The molecule has 0 bridgehead atoms. The van der Waals surface area contributed by atoms with Gasteiger partial charge in [0.1, 0.15) is 0 Å². The molecule has 0 spiro atoms. The fourth-order valence-corrected chi connectivity index (χ4v) is 2.46. The molecule has 1 saturated carbocycles. The van der Waals surface area contributed by atoms with Crippen molar-refractivity contribution in [2.75, 3.05) is 16.8 Å². The van der Waals surface area contributed by atoms with Crippen LogP contribution in [0.3, 0.4) is 0 Å². The second-order valence-corrected chi connectivity index (χ2v) is 4.92. The summed E-state index contributed by atoms with van der Waals surface area (Å²) >= 11 is 3.54. The number of aryl methyl sites for hydroxylation is 1. The monoisotopic (exact) mass is 268 g/mol. The van der Waals surface area contributed by atoms with Crippen LogP contribution in [0.1, 0.15) is 24.8 Å². The van der Waals surface area contributed by atoms with Crippen molar-refractivity contribution in [1.29, 1.82) is 0 Å². The van der Waals surface area contributed by atoms with Crippen LogP contribution in [0.5, 0.6) is 0 Å². The van der Waals surface area contributed by atoms with Gasteiger partial charge in [-0.2, -0.15) is 0 Å². The first kappa shape index (κ1) is 10.9. The number of rotatable bonds is 4. The number of hydrogen-bond donors (Lipinski definition) is 0. The van der Waals surface area contributed by atoms with Crippen LogP contribution in [-0.2, 0) is 0 Å². The predicted molar refractivity (Wildman–Crippen MR) is 67.8 cm³/mol. The Kier molecular flexibility index (Phi) is 3.62. The van der Waals surface area contributed by atoms with Gasteiger partial charge in [0.15, 0.2) is 0 Å². The first-order valence-electron chi connectivity index (χ1n) is 5.56. The van der Waals surface area contributed by atoms with Gasteiger partial charge in [0.25, 0.3) is 0 Å². The highest BCUT2D eigenvalue weighted by Crippen LogP contribution is 2.30. The molecular weight excluding hydrogens is 252 g/mol. The zero-order valence-electron chi connectivity index (χ0n) is 9.12. The number of halogens is 1. The van der Waals surface area contributed by atoms with Gasteiger partial charge in [-0.25, -0.2) is 0 Å². The van der Waals surface area contributed by atoms with Crippen LogP contribution in [0, 0.1) is 6.92 Å². The largest absolute Gasteiger partial charge is 0.367 e. The smallest absolute Gasteiger partial charge is 0.0429 e. The van der Waals surface area contributed by atoms with E-state index in [1.807, 2.05) is 12.4 Å². The van der Waals surface area contributed by atoms with Crippen molar-refractivity contribution in [3.05, 3.63) is 24.0 Å². The van der Waals surface area contributed by atoms with Crippen LogP contribution < -0.4 is 4.90 Å². The van der Waals surface area contributed by atoms with Crippen LogP contribution in [-0.4, -0.2) is 22.9 Å². The maximum Gasteiger partial charge on any atom is 0.0429 e. The molecule has 15 heavy (non-hydrogen) atoms. The van der Waals surface area contributed by atoms with E-state index >= 15 is 0 Å². The SMILES string of the molecule is Cc1cnccc1N(CCBr)C1CCC1. The molecule has 0 amide bonds.